The maximum atomic E-state index is 11.3. The van der Waals surface area contributed by atoms with Crippen molar-refractivity contribution in [2.24, 2.45) is 17.4 Å². The maximum Gasteiger partial charge on any atom is 0.327 e. The molecule has 6 nitrogen and oxygen atoms in total. The van der Waals surface area contributed by atoms with Crippen LogP contribution < -0.4 is 16.8 Å². The summed E-state index contributed by atoms with van der Waals surface area (Å²) < 4.78 is 0. The fraction of sp³-hybridized carbons (Fsp3) is 0.750. The quantitative estimate of drug-likeness (QED) is 0.433. The zero-order valence-electron chi connectivity index (χ0n) is 8.36. The number of carbonyl (C=O) groups excluding carboxylic acids is 1. The molecule has 6 N–H and O–H groups in total. The van der Waals surface area contributed by atoms with Gasteiger partial charge in [-0.3, -0.25) is 4.79 Å². The molecule has 0 aromatic rings. The Kier molecular flexibility index (Phi) is 5.11. The molecule has 0 aliphatic carbocycles. The first-order valence-corrected chi connectivity index (χ1v) is 4.39. The maximum absolute atomic E-state index is 11.3. The second kappa shape index (κ2) is 5.56. The number of nitrogens with two attached hydrogens (primary N) is 2. The highest BCUT2D eigenvalue weighted by Gasteiger charge is 2.23. The molecule has 6 heteroatoms. The average molecular weight is 203 g/mol. The summed E-state index contributed by atoms with van der Waals surface area (Å²) in [5, 5.41) is 10.9. The Morgan fingerprint density at radius 1 is 1.43 bits per heavy atom. The van der Waals surface area contributed by atoms with Gasteiger partial charge in [0.15, 0.2) is 0 Å². The predicted octanol–water partition coefficient (Wildman–Crippen LogP) is -1.50. The summed E-state index contributed by atoms with van der Waals surface area (Å²) in [5.74, 6) is -1.68. The van der Waals surface area contributed by atoms with Gasteiger partial charge < -0.3 is 21.9 Å². The number of hydrogen-bond acceptors (Lipinski definition) is 4. The Morgan fingerprint density at radius 3 is 2.21 bits per heavy atom. The van der Waals surface area contributed by atoms with Gasteiger partial charge in [-0.05, 0) is 5.92 Å². The molecule has 0 saturated heterocycles. The fourth-order valence-electron chi connectivity index (χ4n) is 0.792. The normalized spacial score (nSPS) is 14.9. The highest BCUT2D eigenvalue weighted by atomic mass is 16.4. The molecule has 2 atom stereocenters. The van der Waals surface area contributed by atoms with Gasteiger partial charge in [0.05, 0.1) is 6.04 Å². The first-order chi connectivity index (χ1) is 6.40. The zero-order chi connectivity index (χ0) is 11.3. The predicted molar refractivity (Wildman–Crippen MR) is 51.4 cm³/mol. The van der Waals surface area contributed by atoms with Gasteiger partial charge in [0.1, 0.15) is 6.04 Å². The van der Waals surface area contributed by atoms with Gasteiger partial charge in [0.25, 0.3) is 0 Å². The molecule has 0 unspecified atom stereocenters. The van der Waals surface area contributed by atoms with E-state index in [1.165, 1.54) is 0 Å². The van der Waals surface area contributed by atoms with Crippen LogP contribution in [0.2, 0.25) is 0 Å². The van der Waals surface area contributed by atoms with Crippen molar-refractivity contribution in [3.63, 3.8) is 0 Å². The molecule has 82 valence electrons. The van der Waals surface area contributed by atoms with Crippen molar-refractivity contribution in [3.05, 3.63) is 0 Å². The minimum atomic E-state index is -1.16. The molecule has 0 spiro atoms. The van der Waals surface area contributed by atoms with Crippen molar-refractivity contribution < 1.29 is 14.7 Å². The second-order valence-corrected chi connectivity index (χ2v) is 3.40. The summed E-state index contributed by atoms with van der Waals surface area (Å²) in [5.41, 5.74) is 10.7. The van der Waals surface area contributed by atoms with Crippen molar-refractivity contribution in [1.29, 1.82) is 0 Å². The molecule has 1 amide bonds. The minimum absolute atomic E-state index is 0.0396. The smallest absolute Gasteiger partial charge is 0.327 e. The third kappa shape index (κ3) is 3.71. The van der Waals surface area contributed by atoms with Crippen LogP contribution >= 0.6 is 0 Å². The fourth-order valence-corrected chi connectivity index (χ4v) is 0.792. The average Bonchev–Trinajstić information content (AvgIpc) is 2.11. The van der Waals surface area contributed by atoms with Crippen molar-refractivity contribution in [2.75, 3.05) is 6.54 Å². The number of rotatable bonds is 5. The first-order valence-electron chi connectivity index (χ1n) is 4.39. The van der Waals surface area contributed by atoms with Crippen LogP contribution in [0.25, 0.3) is 0 Å². The standard InChI is InChI=1S/C8H17N3O3/c1-4(2)6(10)7(12)11-5(3-9)8(13)14/h4-6H,3,9-10H2,1-2H3,(H,11,12)(H,13,14)/t5-,6-/m0/s1. The zero-order valence-corrected chi connectivity index (χ0v) is 8.36. The van der Waals surface area contributed by atoms with E-state index in [0.717, 1.165) is 0 Å². The van der Waals surface area contributed by atoms with Crippen LogP contribution in [0.1, 0.15) is 13.8 Å². The number of nitrogens with one attached hydrogen (secondary N) is 1. The number of hydrogen-bond donors (Lipinski definition) is 4. The van der Waals surface area contributed by atoms with E-state index in [0.29, 0.717) is 0 Å². The first kappa shape index (κ1) is 12.9. The Morgan fingerprint density at radius 2 is 1.93 bits per heavy atom. The Hall–Kier alpha value is -1.14. The molecule has 0 aromatic carbocycles. The Balaban J connectivity index is 4.22. The number of carbonyl (C=O) groups is 2. The van der Waals surface area contributed by atoms with Crippen LogP contribution in [0.3, 0.4) is 0 Å². The van der Waals surface area contributed by atoms with E-state index in [2.05, 4.69) is 5.32 Å². The van der Waals surface area contributed by atoms with Crippen LogP contribution in [0.15, 0.2) is 0 Å². The summed E-state index contributed by atoms with van der Waals surface area (Å²) >= 11 is 0. The van der Waals surface area contributed by atoms with Crippen LogP contribution in [-0.4, -0.2) is 35.6 Å². The lowest BCUT2D eigenvalue weighted by Gasteiger charge is -2.18. The molecule has 0 aliphatic heterocycles. The van der Waals surface area contributed by atoms with E-state index in [9.17, 15) is 9.59 Å². The van der Waals surface area contributed by atoms with Crippen LogP contribution in [0, 0.1) is 5.92 Å². The van der Waals surface area contributed by atoms with Gasteiger partial charge in [-0.25, -0.2) is 4.79 Å². The van der Waals surface area contributed by atoms with Crippen LogP contribution in [-0.2, 0) is 9.59 Å². The van der Waals surface area contributed by atoms with Crippen molar-refractivity contribution in [2.45, 2.75) is 25.9 Å². The van der Waals surface area contributed by atoms with Crippen LogP contribution in [0.5, 0.6) is 0 Å². The lowest BCUT2D eigenvalue weighted by molar-refractivity contribution is -0.141. The topological polar surface area (TPSA) is 118 Å². The molecule has 0 aromatic heterocycles. The molecule has 0 saturated carbocycles. The van der Waals surface area contributed by atoms with E-state index in [1.807, 2.05) is 0 Å². The monoisotopic (exact) mass is 203 g/mol. The summed E-state index contributed by atoms with van der Waals surface area (Å²) in [6, 6.07) is -1.77. The molecule has 0 fully saturated rings. The van der Waals surface area contributed by atoms with E-state index in [1.54, 1.807) is 13.8 Å². The van der Waals surface area contributed by atoms with Gasteiger partial charge in [0, 0.05) is 6.54 Å². The summed E-state index contributed by atoms with van der Waals surface area (Å²) in [4.78, 5) is 21.8. The van der Waals surface area contributed by atoms with E-state index in [4.69, 9.17) is 16.6 Å². The molecule has 0 aliphatic rings. The highest BCUT2D eigenvalue weighted by molar-refractivity contribution is 5.87. The largest absolute Gasteiger partial charge is 0.480 e. The summed E-state index contributed by atoms with van der Waals surface area (Å²) in [6.07, 6.45) is 0. The van der Waals surface area contributed by atoms with Crippen molar-refractivity contribution in [3.8, 4) is 0 Å². The summed E-state index contributed by atoms with van der Waals surface area (Å²) in [6.45, 7) is 3.41. The SMILES string of the molecule is CC(C)[C@H](N)C(=O)N[C@@H](CN)C(=O)O. The third-order valence-corrected chi connectivity index (χ3v) is 1.87. The number of carboxylic acids is 1. The van der Waals surface area contributed by atoms with Gasteiger partial charge in [-0.2, -0.15) is 0 Å². The molecule has 0 rings (SSSR count). The van der Waals surface area contributed by atoms with Gasteiger partial charge in [0.2, 0.25) is 5.91 Å². The molecular formula is C8H17N3O3. The molecule has 0 bridgehead atoms. The number of aliphatic carboxylic acids is 1. The van der Waals surface area contributed by atoms with Gasteiger partial charge in [-0.15, -0.1) is 0 Å². The molecule has 14 heavy (non-hydrogen) atoms. The Labute approximate surface area is 82.6 Å². The third-order valence-electron chi connectivity index (χ3n) is 1.87. The Bertz CT molecular complexity index is 218. The van der Waals surface area contributed by atoms with Gasteiger partial charge in [-0.1, -0.05) is 13.8 Å². The van der Waals surface area contributed by atoms with Crippen LogP contribution in [0.4, 0.5) is 0 Å². The van der Waals surface area contributed by atoms with Crippen molar-refractivity contribution in [1.82, 2.24) is 5.32 Å². The molecular weight excluding hydrogens is 186 g/mol. The molecule has 0 radical (unpaired) electrons. The van der Waals surface area contributed by atoms with E-state index in [-0.39, 0.29) is 12.5 Å². The lowest BCUT2D eigenvalue weighted by Crippen LogP contribution is -2.52. The summed E-state index contributed by atoms with van der Waals surface area (Å²) in [7, 11) is 0. The minimum Gasteiger partial charge on any atom is -0.480 e. The number of carboxylic acid groups (broad SMARTS) is 1. The molecule has 0 heterocycles. The van der Waals surface area contributed by atoms with Crippen molar-refractivity contribution >= 4 is 11.9 Å². The highest BCUT2D eigenvalue weighted by Crippen LogP contribution is 1.98. The van der Waals surface area contributed by atoms with E-state index >= 15 is 0 Å². The number of amides is 1. The lowest BCUT2D eigenvalue weighted by atomic mass is 10.0. The second-order valence-electron chi connectivity index (χ2n) is 3.40. The van der Waals surface area contributed by atoms with E-state index < -0.39 is 24.0 Å². The van der Waals surface area contributed by atoms with Gasteiger partial charge >= 0.3 is 5.97 Å².